The second kappa shape index (κ2) is 7.77. The van der Waals surface area contributed by atoms with Crippen molar-refractivity contribution in [1.82, 2.24) is 10.9 Å². The molecule has 0 aromatic heterocycles. The van der Waals surface area contributed by atoms with Crippen LogP contribution in [0.3, 0.4) is 0 Å². The fourth-order valence-corrected chi connectivity index (χ4v) is 2.21. The molecule has 22 heavy (non-hydrogen) atoms. The van der Waals surface area contributed by atoms with Gasteiger partial charge in [0.1, 0.15) is 0 Å². The van der Waals surface area contributed by atoms with E-state index in [0.29, 0.717) is 5.70 Å². The molecule has 0 aliphatic rings. The largest absolute Gasteiger partial charge is 0.375 e. The van der Waals surface area contributed by atoms with Crippen molar-refractivity contribution < 1.29 is 0 Å². The van der Waals surface area contributed by atoms with Gasteiger partial charge in [-0.1, -0.05) is 65.0 Å². The van der Waals surface area contributed by atoms with Gasteiger partial charge in [0, 0.05) is 10.0 Å². The number of benzene rings is 2. The molecule has 0 aliphatic carbocycles. The van der Waals surface area contributed by atoms with E-state index < -0.39 is 0 Å². The summed E-state index contributed by atoms with van der Waals surface area (Å²) in [4.78, 5) is 0. The van der Waals surface area contributed by atoms with E-state index in [-0.39, 0.29) is 5.11 Å². The molecule has 0 fully saturated rings. The van der Waals surface area contributed by atoms with Crippen LogP contribution in [0, 0.1) is 0 Å². The Balaban J connectivity index is 2.35. The van der Waals surface area contributed by atoms with Crippen molar-refractivity contribution in [2.24, 2.45) is 5.73 Å². The number of rotatable bonds is 5. The topological polar surface area (TPSA) is 50.1 Å². The van der Waals surface area contributed by atoms with E-state index in [0.717, 1.165) is 21.2 Å². The van der Waals surface area contributed by atoms with E-state index in [1.807, 2.05) is 54.6 Å². The average Bonchev–Trinajstić information content (AvgIpc) is 2.53. The molecular weight excluding hydrogens is 358 g/mol. The van der Waals surface area contributed by atoms with Crippen LogP contribution in [-0.2, 0) is 0 Å². The summed E-state index contributed by atoms with van der Waals surface area (Å²) in [5.74, 6) is 0. The molecule has 0 amide bonds. The zero-order valence-corrected chi connectivity index (χ0v) is 14.2. The number of halogens is 1. The van der Waals surface area contributed by atoms with Crippen molar-refractivity contribution in [3.8, 4) is 0 Å². The molecule has 0 atom stereocenters. The molecule has 5 heteroatoms. The minimum atomic E-state index is 0.164. The lowest BCUT2D eigenvalue weighted by atomic mass is 10.0. The Morgan fingerprint density at radius 2 is 1.68 bits per heavy atom. The fourth-order valence-electron chi connectivity index (χ4n) is 1.89. The summed E-state index contributed by atoms with van der Waals surface area (Å²) < 4.78 is 1.04. The van der Waals surface area contributed by atoms with E-state index in [2.05, 4.69) is 39.4 Å². The van der Waals surface area contributed by atoms with Crippen LogP contribution in [0.1, 0.15) is 11.1 Å². The summed E-state index contributed by atoms with van der Waals surface area (Å²) in [5.41, 5.74) is 14.8. The third kappa shape index (κ3) is 4.72. The summed E-state index contributed by atoms with van der Waals surface area (Å²) in [5, 5.41) is 0.164. The Morgan fingerprint density at radius 1 is 1.05 bits per heavy atom. The minimum Gasteiger partial charge on any atom is -0.375 e. The number of nitrogens with two attached hydrogens (primary N) is 1. The maximum atomic E-state index is 5.44. The van der Waals surface area contributed by atoms with Crippen LogP contribution in [0.4, 0.5) is 0 Å². The summed E-state index contributed by atoms with van der Waals surface area (Å²) in [6.07, 6.45) is 2.05. The maximum absolute atomic E-state index is 5.44. The summed E-state index contributed by atoms with van der Waals surface area (Å²) in [6, 6.07) is 18.1. The second-order valence-electron chi connectivity index (χ2n) is 4.57. The molecule has 0 saturated carbocycles. The standard InChI is InChI=1S/C17H16BrN3S/c1-12(20-21-17(19)22)16(14-5-3-2-4-6-14)11-13-7-9-15(18)10-8-13/h2-11,20H,1H2,(H3,19,21,22). The van der Waals surface area contributed by atoms with Crippen LogP contribution in [0.5, 0.6) is 0 Å². The van der Waals surface area contributed by atoms with Gasteiger partial charge >= 0.3 is 0 Å². The molecule has 0 bridgehead atoms. The van der Waals surface area contributed by atoms with Gasteiger partial charge in [-0.3, -0.25) is 10.9 Å². The molecule has 112 valence electrons. The predicted molar refractivity (Wildman–Crippen MR) is 101 cm³/mol. The van der Waals surface area contributed by atoms with Gasteiger partial charge in [0.05, 0.1) is 5.70 Å². The molecule has 2 aromatic carbocycles. The van der Waals surface area contributed by atoms with E-state index in [9.17, 15) is 0 Å². The molecule has 4 N–H and O–H groups in total. The number of hydrogen-bond acceptors (Lipinski definition) is 2. The highest BCUT2D eigenvalue weighted by atomic mass is 79.9. The third-order valence-electron chi connectivity index (χ3n) is 2.93. The molecule has 3 nitrogen and oxygen atoms in total. The fraction of sp³-hybridized carbons (Fsp3) is 0. The van der Waals surface area contributed by atoms with E-state index in [1.165, 1.54) is 0 Å². The van der Waals surface area contributed by atoms with Crippen LogP contribution in [0.25, 0.3) is 11.6 Å². The Morgan fingerprint density at radius 3 is 2.27 bits per heavy atom. The lowest BCUT2D eigenvalue weighted by molar-refractivity contribution is 0.797. The third-order valence-corrected chi connectivity index (χ3v) is 3.56. The van der Waals surface area contributed by atoms with Gasteiger partial charge in [0.2, 0.25) is 0 Å². The first kappa shape index (κ1) is 16.3. The van der Waals surface area contributed by atoms with Crippen LogP contribution < -0.4 is 16.6 Å². The molecule has 0 saturated heterocycles. The normalized spacial score (nSPS) is 10.9. The second-order valence-corrected chi connectivity index (χ2v) is 5.92. The first-order chi connectivity index (χ1) is 10.6. The summed E-state index contributed by atoms with van der Waals surface area (Å²) in [6.45, 7) is 4.05. The highest BCUT2D eigenvalue weighted by Gasteiger charge is 2.06. The molecule has 2 rings (SSSR count). The zero-order valence-electron chi connectivity index (χ0n) is 11.8. The highest BCUT2D eigenvalue weighted by Crippen LogP contribution is 2.23. The van der Waals surface area contributed by atoms with Crippen LogP contribution in [-0.4, -0.2) is 5.11 Å². The summed E-state index contributed by atoms with van der Waals surface area (Å²) >= 11 is 8.24. The lowest BCUT2D eigenvalue weighted by Crippen LogP contribution is -2.40. The van der Waals surface area contributed by atoms with Crippen molar-refractivity contribution >= 4 is 44.9 Å². The van der Waals surface area contributed by atoms with Gasteiger partial charge in [-0.25, -0.2) is 0 Å². The molecular formula is C17H16BrN3S. The van der Waals surface area contributed by atoms with Gasteiger partial charge in [0.15, 0.2) is 5.11 Å². The number of allylic oxidation sites excluding steroid dienone is 1. The van der Waals surface area contributed by atoms with Crippen molar-refractivity contribution in [2.45, 2.75) is 0 Å². The zero-order chi connectivity index (χ0) is 15.9. The molecule has 0 spiro atoms. The SMILES string of the molecule is C=C(NNC(N)=S)C(=Cc1ccc(Br)cc1)c1ccccc1. The van der Waals surface area contributed by atoms with E-state index in [1.54, 1.807) is 0 Å². The van der Waals surface area contributed by atoms with Gasteiger partial charge in [-0.15, -0.1) is 0 Å². The number of hydrogen-bond donors (Lipinski definition) is 3. The Bertz CT molecular complexity index is 694. The Hall–Kier alpha value is -2.11. The van der Waals surface area contributed by atoms with Gasteiger partial charge in [0.25, 0.3) is 0 Å². The van der Waals surface area contributed by atoms with Crippen LogP contribution in [0.15, 0.2) is 71.3 Å². The van der Waals surface area contributed by atoms with Crippen molar-refractivity contribution in [1.29, 1.82) is 0 Å². The van der Waals surface area contributed by atoms with Gasteiger partial charge in [-0.2, -0.15) is 0 Å². The van der Waals surface area contributed by atoms with Crippen molar-refractivity contribution in [2.75, 3.05) is 0 Å². The number of nitrogens with one attached hydrogen (secondary N) is 2. The first-order valence-electron chi connectivity index (χ1n) is 6.59. The van der Waals surface area contributed by atoms with E-state index in [4.69, 9.17) is 18.0 Å². The number of thiocarbonyl (C=S) groups is 1. The van der Waals surface area contributed by atoms with E-state index >= 15 is 0 Å². The number of hydrazine groups is 1. The molecule has 0 heterocycles. The Kier molecular flexibility index (Phi) is 5.75. The molecule has 2 aromatic rings. The smallest absolute Gasteiger partial charge is 0.182 e. The van der Waals surface area contributed by atoms with Crippen LogP contribution >= 0.6 is 28.1 Å². The lowest BCUT2D eigenvalue weighted by Gasteiger charge is -2.15. The van der Waals surface area contributed by atoms with Gasteiger partial charge in [-0.05, 0) is 41.6 Å². The quantitative estimate of drug-likeness (QED) is 0.322. The molecule has 0 radical (unpaired) electrons. The summed E-state index contributed by atoms with van der Waals surface area (Å²) in [7, 11) is 0. The van der Waals surface area contributed by atoms with Crippen molar-refractivity contribution in [3.05, 3.63) is 82.5 Å². The predicted octanol–water partition coefficient (Wildman–Crippen LogP) is 3.84. The van der Waals surface area contributed by atoms with Crippen LogP contribution in [0.2, 0.25) is 0 Å². The molecule has 0 unspecified atom stereocenters. The maximum Gasteiger partial charge on any atom is 0.182 e. The average molecular weight is 374 g/mol. The molecule has 0 aliphatic heterocycles. The Labute approximate surface area is 144 Å². The monoisotopic (exact) mass is 373 g/mol. The van der Waals surface area contributed by atoms with Crippen molar-refractivity contribution in [3.63, 3.8) is 0 Å². The highest BCUT2D eigenvalue weighted by molar-refractivity contribution is 9.10. The first-order valence-corrected chi connectivity index (χ1v) is 7.80. The van der Waals surface area contributed by atoms with Gasteiger partial charge < -0.3 is 5.73 Å². The minimum absolute atomic E-state index is 0.164.